The number of aryl methyl sites for hydroxylation is 1. The summed E-state index contributed by atoms with van der Waals surface area (Å²) < 4.78 is 16.3. The van der Waals surface area contributed by atoms with Gasteiger partial charge < -0.3 is 9.88 Å². The van der Waals surface area contributed by atoms with Gasteiger partial charge >= 0.3 is 0 Å². The number of para-hydroxylation sites is 2. The lowest BCUT2D eigenvalue weighted by molar-refractivity contribution is -0.121. The van der Waals surface area contributed by atoms with Crippen LogP contribution in [0.25, 0.3) is 11.0 Å². The highest BCUT2D eigenvalue weighted by molar-refractivity contribution is 9.10. The van der Waals surface area contributed by atoms with Crippen molar-refractivity contribution in [1.29, 1.82) is 0 Å². The third-order valence-corrected chi connectivity index (χ3v) is 4.08. The lowest BCUT2D eigenvalue weighted by atomic mass is 10.2. The van der Waals surface area contributed by atoms with Gasteiger partial charge in [0.1, 0.15) is 5.82 Å². The highest BCUT2D eigenvalue weighted by Gasteiger charge is 2.07. The van der Waals surface area contributed by atoms with Crippen LogP contribution in [0, 0.1) is 5.82 Å². The lowest BCUT2D eigenvalue weighted by Gasteiger charge is -2.08. The number of carbonyl (C=O) groups excluding carboxylic acids is 1. The number of hydrogen-bond acceptors (Lipinski definition) is 2. The summed E-state index contributed by atoms with van der Waals surface area (Å²) in [6, 6.07) is 12.4. The van der Waals surface area contributed by atoms with Crippen LogP contribution in [-0.4, -0.2) is 15.5 Å². The number of hydrogen-bond donors (Lipinski definition) is 1. The molecule has 1 N–H and O–H groups in total. The van der Waals surface area contributed by atoms with Crippen LogP contribution >= 0.6 is 15.9 Å². The van der Waals surface area contributed by atoms with Crippen LogP contribution in [0.5, 0.6) is 0 Å². The predicted molar refractivity (Wildman–Crippen MR) is 90.3 cm³/mol. The van der Waals surface area contributed by atoms with Crippen molar-refractivity contribution >= 4 is 32.9 Å². The molecule has 4 nitrogen and oxygen atoms in total. The van der Waals surface area contributed by atoms with Gasteiger partial charge in [0, 0.05) is 29.5 Å². The molecule has 0 bridgehead atoms. The second kappa shape index (κ2) is 6.91. The van der Waals surface area contributed by atoms with Gasteiger partial charge in [0.15, 0.2) is 0 Å². The van der Waals surface area contributed by atoms with Crippen LogP contribution < -0.4 is 5.32 Å². The Morgan fingerprint density at radius 2 is 2.09 bits per heavy atom. The van der Waals surface area contributed by atoms with Gasteiger partial charge in [0.25, 0.3) is 0 Å². The number of amides is 1. The van der Waals surface area contributed by atoms with E-state index >= 15 is 0 Å². The number of benzene rings is 2. The van der Waals surface area contributed by atoms with Crippen molar-refractivity contribution in [2.45, 2.75) is 19.5 Å². The minimum atomic E-state index is -0.325. The first-order chi connectivity index (χ1) is 11.1. The summed E-state index contributed by atoms with van der Waals surface area (Å²) in [5.41, 5.74) is 2.36. The maximum Gasteiger partial charge on any atom is 0.222 e. The molecular weight excluding hydrogens is 361 g/mol. The third-order valence-electron chi connectivity index (χ3n) is 3.59. The Bertz CT molecular complexity index is 847. The number of rotatable bonds is 5. The Labute approximate surface area is 141 Å². The monoisotopic (exact) mass is 375 g/mol. The van der Waals surface area contributed by atoms with E-state index in [9.17, 15) is 9.18 Å². The summed E-state index contributed by atoms with van der Waals surface area (Å²) >= 11 is 3.29. The highest BCUT2D eigenvalue weighted by atomic mass is 79.9. The molecule has 1 aromatic heterocycles. The van der Waals surface area contributed by atoms with E-state index in [1.54, 1.807) is 18.5 Å². The van der Waals surface area contributed by atoms with E-state index in [0.717, 1.165) is 15.5 Å². The first-order valence-electron chi connectivity index (χ1n) is 7.24. The van der Waals surface area contributed by atoms with Crippen molar-refractivity contribution in [2.75, 3.05) is 0 Å². The predicted octanol–water partition coefficient (Wildman–Crippen LogP) is 3.64. The fourth-order valence-corrected chi connectivity index (χ4v) is 2.78. The fourth-order valence-electron chi connectivity index (χ4n) is 2.37. The van der Waals surface area contributed by atoms with Crippen LogP contribution in [-0.2, 0) is 17.9 Å². The molecule has 3 rings (SSSR count). The number of carbonyl (C=O) groups is 1. The van der Waals surface area contributed by atoms with Gasteiger partial charge in [-0.3, -0.25) is 4.79 Å². The Hall–Kier alpha value is -2.21. The summed E-state index contributed by atoms with van der Waals surface area (Å²) in [5.74, 6) is -0.448. The molecule has 2 aromatic carbocycles. The van der Waals surface area contributed by atoms with E-state index in [4.69, 9.17) is 0 Å². The fraction of sp³-hybridized carbons (Fsp3) is 0.176. The summed E-state index contributed by atoms with van der Waals surface area (Å²) in [7, 11) is 0. The van der Waals surface area contributed by atoms with Crippen LogP contribution in [0.4, 0.5) is 4.39 Å². The van der Waals surface area contributed by atoms with Crippen molar-refractivity contribution in [3.05, 3.63) is 64.6 Å². The second-order valence-corrected chi connectivity index (χ2v) is 6.10. The first kappa shape index (κ1) is 15.7. The molecule has 0 radical (unpaired) electrons. The second-order valence-electron chi connectivity index (χ2n) is 5.19. The van der Waals surface area contributed by atoms with Gasteiger partial charge in [-0.25, -0.2) is 9.37 Å². The third kappa shape index (κ3) is 3.76. The Morgan fingerprint density at radius 1 is 1.26 bits per heavy atom. The molecule has 1 amide bonds. The van der Waals surface area contributed by atoms with Crippen molar-refractivity contribution < 1.29 is 9.18 Å². The van der Waals surface area contributed by atoms with E-state index in [2.05, 4.69) is 26.2 Å². The summed E-state index contributed by atoms with van der Waals surface area (Å²) in [6.07, 6.45) is 2.04. The van der Waals surface area contributed by atoms with E-state index in [-0.39, 0.29) is 18.3 Å². The standard InChI is InChI=1S/C17H15BrFN3O/c18-13-5-6-14(19)12(9-13)10-20-17(23)7-8-22-11-21-15-3-1-2-4-16(15)22/h1-6,9,11H,7-8,10H2,(H,20,23). The Kier molecular flexibility index (Phi) is 4.71. The summed E-state index contributed by atoms with van der Waals surface area (Å²) in [4.78, 5) is 16.3. The zero-order valence-corrected chi connectivity index (χ0v) is 13.9. The molecule has 0 spiro atoms. The van der Waals surface area contributed by atoms with Crippen molar-refractivity contribution in [3.63, 3.8) is 0 Å². The number of halogens is 2. The molecule has 0 fully saturated rings. The number of aromatic nitrogens is 2. The van der Waals surface area contributed by atoms with E-state index in [1.165, 1.54) is 6.07 Å². The zero-order valence-electron chi connectivity index (χ0n) is 12.3. The van der Waals surface area contributed by atoms with Crippen molar-refractivity contribution in [3.8, 4) is 0 Å². The van der Waals surface area contributed by atoms with Crippen molar-refractivity contribution in [2.24, 2.45) is 0 Å². The van der Waals surface area contributed by atoms with Crippen LogP contribution in [0.1, 0.15) is 12.0 Å². The number of nitrogens with one attached hydrogen (secondary N) is 1. The smallest absolute Gasteiger partial charge is 0.222 e. The molecule has 118 valence electrons. The minimum Gasteiger partial charge on any atom is -0.352 e. The molecule has 1 heterocycles. The van der Waals surface area contributed by atoms with E-state index < -0.39 is 0 Å². The maximum atomic E-state index is 13.6. The Morgan fingerprint density at radius 3 is 2.96 bits per heavy atom. The SMILES string of the molecule is O=C(CCn1cnc2ccccc21)NCc1cc(Br)ccc1F. The quantitative estimate of drug-likeness (QED) is 0.739. The molecule has 0 atom stereocenters. The lowest BCUT2D eigenvalue weighted by Crippen LogP contribution is -2.24. The van der Waals surface area contributed by atoms with Gasteiger partial charge in [-0.2, -0.15) is 0 Å². The molecule has 0 aliphatic rings. The number of fused-ring (bicyclic) bond motifs is 1. The minimum absolute atomic E-state index is 0.123. The number of imidazole rings is 1. The van der Waals surface area contributed by atoms with Gasteiger partial charge in [0.05, 0.1) is 17.4 Å². The first-order valence-corrected chi connectivity index (χ1v) is 8.03. The van der Waals surface area contributed by atoms with Crippen LogP contribution in [0.15, 0.2) is 53.3 Å². The van der Waals surface area contributed by atoms with Gasteiger partial charge in [-0.05, 0) is 30.3 Å². The van der Waals surface area contributed by atoms with Gasteiger partial charge in [-0.1, -0.05) is 28.1 Å². The van der Waals surface area contributed by atoms with Gasteiger partial charge in [-0.15, -0.1) is 0 Å². The van der Waals surface area contributed by atoms with E-state index in [0.29, 0.717) is 18.5 Å². The summed E-state index contributed by atoms with van der Waals surface area (Å²) in [6.45, 7) is 0.710. The van der Waals surface area contributed by atoms with Crippen molar-refractivity contribution in [1.82, 2.24) is 14.9 Å². The molecule has 3 aromatic rings. The van der Waals surface area contributed by atoms with Crippen LogP contribution in [0.2, 0.25) is 0 Å². The topological polar surface area (TPSA) is 46.9 Å². The maximum absolute atomic E-state index is 13.6. The molecule has 0 unspecified atom stereocenters. The molecular formula is C17H15BrFN3O. The molecule has 0 saturated carbocycles. The Balaban J connectivity index is 1.56. The average Bonchev–Trinajstić information content (AvgIpc) is 2.97. The molecule has 0 aliphatic carbocycles. The normalized spacial score (nSPS) is 10.9. The molecule has 0 aliphatic heterocycles. The molecule has 0 saturated heterocycles. The summed E-state index contributed by atoms with van der Waals surface area (Å²) in [5, 5.41) is 2.74. The highest BCUT2D eigenvalue weighted by Crippen LogP contribution is 2.15. The zero-order chi connectivity index (χ0) is 16.2. The largest absolute Gasteiger partial charge is 0.352 e. The number of nitrogens with zero attached hydrogens (tertiary/aromatic N) is 2. The van der Waals surface area contributed by atoms with Crippen LogP contribution in [0.3, 0.4) is 0 Å². The van der Waals surface area contributed by atoms with E-state index in [1.807, 2.05) is 28.8 Å². The van der Waals surface area contributed by atoms with Gasteiger partial charge in [0.2, 0.25) is 5.91 Å². The molecule has 23 heavy (non-hydrogen) atoms. The molecule has 6 heteroatoms. The average molecular weight is 376 g/mol.